The monoisotopic (exact) mass is 278 g/mol. The molecule has 0 bridgehead atoms. The van der Waals surface area contributed by atoms with Crippen LogP contribution in [0.4, 0.5) is 0 Å². The van der Waals surface area contributed by atoms with Gasteiger partial charge in [-0.05, 0) is 41.3 Å². The zero-order valence-electron chi connectivity index (χ0n) is 11.5. The molecule has 104 valence electrons. The largest absolute Gasteiger partial charge is 0.478 e. The number of carbonyl (C=O) groups is 1. The Balaban J connectivity index is 2.26. The van der Waals surface area contributed by atoms with Gasteiger partial charge in [0.25, 0.3) is 0 Å². The molecule has 1 heterocycles. The number of H-pyrrole nitrogens is 1. The lowest BCUT2D eigenvalue weighted by atomic mass is 9.92. The summed E-state index contributed by atoms with van der Waals surface area (Å²) in [4.78, 5) is 11.5. The van der Waals surface area contributed by atoms with Crippen molar-refractivity contribution < 1.29 is 9.90 Å². The van der Waals surface area contributed by atoms with Crippen LogP contribution in [-0.2, 0) is 0 Å². The van der Waals surface area contributed by atoms with Gasteiger partial charge < -0.3 is 5.11 Å². The molecule has 0 fully saturated rings. The van der Waals surface area contributed by atoms with Gasteiger partial charge in [-0.1, -0.05) is 30.3 Å². The maximum Gasteiger partial charge on any atom is 0.335 e. The van der Waals surface area contributed by atoms with Gasteiger partial charge in [-0.15, -0.1) is 0 Å². The Morgan fingerprint density at radius 2 is 1.86 bits per heavy atom. The molecule has 0 atom stereocenters. The predicted molar refractivity (Wildman–Crippen MR) is 81.2 cm³/mol. The van der Waals surface area contributed by atoms with Crippen molar-refractivity contribution in [2.75, 3.05) is 0 Å². The van der Waals surface area contributed by atoms with Gasteiger partial charge in [-0.3, -0.25) is 5.10 Å². The van der Waals surface area contributed by atoms with Gasteiger partial charge >= 0.3 is 5.97 Å². The van der Waals surface area contributed by atoms with Crippen molar-refractivity contribution in [1.82, 2.24) is 10.2 Å². The Bertz CT molecular complexity index is 778. The summed E-state index contributed by atoms with van der Waals surface area (Å²) < 4.78 is 0. The van der Waals surface area contributed by atoms with Gasteiger partial charge in [0.2, 0.25) is 0 Å². The third kappa shape index (κ3) is 2.43. The number of aromatic amines is 1. The lowest BCUT2D eigenvalue weighted by molar-refractivity contribution is 0.0696. The minimum absolute atomic E-state index is 0.313. The minimum atomic E-state index is -0.921. The van der Waals surface area contributed by atoms with Crippen LogP contribution in [-0.4, -0.2) is 21.3 Å². The van der Waals surface area contributed by atoms with E-state index in [1.807, 2.05) is 43.3 Å². The van der Waals surface area contributed by atoms with Gasteiger partial charge in [0.1, 0.15) is 0 Å². The van der Waals surface area contributed by atoms with Gasteiger partial charge in [0.05, 0.1) is 11.8 Å². The van der Waals surface area contributed by atoms with Crippen LogP contribution < -0.4 is 0 Å². The molecule has 0 saturated heterocycles. The van der Waals surface area contributed by atoms with E-state index in [0.717, 1.165) is 27.8 Å². The maximum atomic E-state index is 11.5. The number of carboxylic acids is 1. The van der Waals surface area contributed by atoms with E-state index in [1.54, 1.807) is 18.5 Å². The number of hydrogen-bond acceptors (Lipinski definition) is 2. The second-order valence-corrected chi connectivity index (χ2v) is 4.85. The molecule has 4 heteroatoms. The highest BCUT2D eigenvalue weighted by molar-refractivity contribution is 5.94. The normalized spacial score (nSPS) is 10.5. The highest BCUT2D eigenvalue weighted by Crippen LogP contribution is 2.31. The number of rotatable bonds is 3. The second-order valence-electron chi connectivity index (χ2n) is 4.85. The van der Waals surface area contributed by atoms with Crippen LogP contribution in [0, 0.1) is 6.92 Å². The van der Waals surface area contributed by atoms with Crippen LogP contribution in [0.1, 0.15) is 15.9 Å². The van der Waals surface area contributed by atoms with Gasteiger partial charge in [-0.25, -0.2) is 4.79 Å². The van der Waals surface area contributed by atoms with Crippen molar-refractivity contribution in [2.45, 2.75) is 6.92 Å². The van der Waals surface area contributed by atoms with E-state index in [1.165, 1.54) is 0 Å². The summed E-state index contributed by atoms with van der Waals surface area (Å²) in [5.74, 6) is -0.921. The molecule has 0 aliphatic carbocycles. The number of aromatic carboxylic acids is 1. The maximum absolute atomic E-state index is 11.5. The van der Waals surface area contributed by atoms with Gasteiger partial charge in [0, 0.05) is 11.8 Å². The molecule has 0 spiro atoms. The third-order valence-electron chi connectivity index (χ3n) is 3.55. The van der Waals surface area contributed by atoms with E-state index in [9.17, 15) is 9.90 Å². The van der Waals surface area contributed by atoms with E-state index in [4.69, 9.17) is 0 Å². The van der Waals surface area contributed by atoms with Crippen molar-refractivity contribution >= 4 is 5.97 Å². The van der Waals surface area contributed by atoms with Crippen molar-refractivity contribution in [2.24, 2.45) is 0 Å². The molecule has 2 N–H and O–H groups in total. The van der Waals surface area contributed by atoms with Gasteiger partial charge in [-0.2, -0.15) is 5.10 Å². The fraction of sp³-hybridized carbons (Fsp3) is 0.0588. The number of benzene rings is 2. The Hall–Kier alpha value is -2.88. The molecule has 3 aromatic rings. The van der Waals surface area contributed by atoms with Crippen molar-refractivity contribution in [3.05, 3.63) is 66.0 Å². The molecule has 0 unspecified atom stereocenters. The molecule has 21 heavy (non-hydrogen) atoms. The fourth-order valence-electron chi connectivity index (χ4n) is 2.43. The Morgan fingerprint density at radius 3 is 2.48 bits per heavy atom. The Labute approximate surface area is 122 Å². The Kier molecular flexibility index (Phi) is 3.28. The lowest BCUT2D eigenvalue weighted by Crippen LogP contribution is -2.02. The summed E-state index contributed by atoms with van der Waals surface area (Å²) in [5.41, 5.74) is 4.69. The average molecular weight is 278 g/mol. The molecule has 0 saturated carbocycles. The van der Waals surface area contributed by atoms with E-state index in [0.29, 0.717) is 5.56 Å². The van der Waals surface area contributed by atoms with Crippen LogP contribution in [0.5, 0.6) is 0 Å². The van der Waals surface area contributed by atoms with Crippen molar-refractivity contribution in [1.29, 1.82) is 0 Å². The van der Waals surface area contributed by atoms with Crippen molar-refractivity contribution in [3.63, 3.8) is 0 Å². The molecule has 0 amide bonds. The summed E-state index contributed by atoms with van der Waals surface area (Å²) in [6.45, 7) is 1.82. The fourth-order valence-corrected chi connectivity index (χ4v) is 2.43. The van der Waals surface area contributed by atoms with Crippen LogP contribution in [0.15, 0.2) is 54.9 Å². The van der Waals surface area contributed by atoms with E-state index < -0.39 is 5.97 Å². The molecule has 4 nitrogen and oxygen atoms in total. The van der Waals surface area contributed by atoms with E-state index in [2.05, 4.69) is 10.2 Å². The smallest absolute Gasteiger partial charge is 0.335 e. The van der Waals surface area contributed by atoms with Crippen LogP contribution in [0.25, 0.3) is 22.3 Å². The molecule has 0 radical (unpaired) electrons. The summed E-state index contributed by atoms with van der Waals surface area (Å²) in [7, 11) is 0. The number of nitrogens with one attached hydrogen (secondary N) is 1. The first-order chi connectivity index (χ1) is 10.2. The Morgan fingerprint density at radius 1 is 1.10 bits per heavy atom. The van der Waals surface area contributed by atoms with Crippen LogP contribution in [0.3, 0.4) is 0 Å². The first kappa shape index (κ1) is 13.1. The predicted octanol–water partition coefficient (Wildman–Crippen LogP) is 3.75. The van der Waals surface area contributed by atoms with Crippen LogP contribution in [0.2, 0.25) is 0 Å². The second kappa shape index (κ2) is 5.25. The molecule has 1 aromatic heterocycles. The summed E-state index contributed by atoms with van der Waals surface area (Å²) in [6.07, 6.45) is 3.46. The first-order valence-corrected chi connectivity index (χ1v) is 6.59. The van der Waals surface area contributed by atoms with Crippen molar-refractivity contribution in [3.8, 4) is 22.3 Å². The van der Waals surface area contributed by atoms with Crippen LogP contribution >= 0.6 is 0 Å². The number of hydrogen-bond donors (Lipinski definition) is 2. The summed E-state index contributed by atoms with van der Waals surface area (Å²) >= 11 is 0. The molecule has 3 rings (SSSR count). The number of nitrogens with zero attached hydrogens (tertiary/aromatic N) is 1. The number of carboxylic acid groups (broad SMARTS) is 1. The topological polar surface area (TPSA) is 66.0 Å². The average Bonchev–Trinajstić information content (AvgIpc) is 3.02. The molecule has 2 aromatic carbocycles. The molecule has 0 aliphatic heterocycles. The zero-order valence-corrected chi connectivity index (χ0v) is 11.5. The summed E-state index contributed by atoms with van der Waals surface area (Å²) in [5, 5.41) is 16.1. The third-order valence-corrected chi connectivity index (χ3v) is 3.55. The minimum Gasteiger partial charge on any atom is -0.478 e. The van der Waals surface area contributed by atoms with Gasteiger partial charge in [0.15, 0.2) is 0 Å². The molecular formula is C17H14N2O2. The molecule has 0 aliphatic rings. The molecular weight excluding hydrogens is 264 g/mol. The van der Waals surface area contributed by atoms with E-state index >= 15 is 0 Å². The highest BCUT2D eigenvalue weighted by atomic mass is 16.4. The standard InChI is InChI=1S/C17H14N2O2/c1-11-15(14-9-18-19-10-14)7-13(8-16(11)17(20)21)12-5-3-2-4-6-12/h2-10H,1H3,(H,18,19)(H,20,21). The van der Waals surface area contributed by atoms with E-state index in [-0.39, 0.29) is 0 Å². The summed E-state index contributed by atoms with van der Waals surface area (Å²) in [6, 6.07) is 13.5. The zero-order chi connectivity index (χ0) is 14.8. The lowest BCUT2D eigenvalue weighted by Gasteiger charge is -2.11. The SMILES string of the molecule is Cc1c(C(=O)O)cc(-c2ccccc2)cc1-c1cn[nH]c1. The number of aromatic nitrogens is 2. The first-order valence-electron chi connectivity index (χ1n) is 6.59. The highest BCUT2D eigenvalue weighted by Gasteiger charge is 2.15. The quantitative estimate of drug-likeness (QED) is 0.766.